The maximum Gasteiger partial charge on any atom is 0.257 e. The van der Waals surface area contributed by atoms with Gasteiger partial charge in [0.1, 0.15) is 11.5 Å². The van der Waals surface area contributed by atoms with Gasteiger partial charge in [-0.3, -0.25) is 14.9 Å². The first kappa shape index (κ1) is 25.1. The predicted molar refractivity (Wildman–Crippen MR) is 132 cm³/mol. The molecular weight excluding hydrogens is 426 g/mol. The van der Waals surface area contributed by atoms with E-state index in [0.29, 0.717) is 41.5 Å². The van der Waals surface area contributed by atoms with Crippen LogP contribution in [0.5, 0.6) is 11.5 Å². The molecule has 32 heavy (non-hydrogen) atoms. The van der Waals surface area contributed by atoms with Crippen LogP contribution in [0.25, 0.3) is 0 Å². The molecule has 2 aromatic rings. The molecule has 2 rings (SSSR count). The van der Waals surface area contributed by atoms with Crippen molar-refractivity contribution in [3.63, 3.8) is 0 Å². The molecule has 0 bridgehead atoms. The summed E-state index contributed by atoms with van der Waals surface area (Å²) < 4.78 is 11.0. The third-order valence-electron chi connectivity index (χ3n) is 4.58. The van der Waals surface area contributed by atoms with Crippen LogP contribution in [0.2, 0.25) is 0 Å². The average Bonchev–Trinajstić information content (AvgIpc) is 2.79. The molecule has 0 spiro atoms. The monoisotopic (exact) mass is 457 g/mol. The van der Waals surface area contributed by atoms with Gasteiger partial charge >= 0.3 is 0 Å². The fourth-order valence-corrected chi connectivity index (χ4v) is 3.03. The number of amides is 2. The van der Waals surface area contributed by atoms with Crippen LogP contribution < -0.4 is 25.4 Å². The number of hydrogen-bond acceptors (Lipinski definition) is 5. The van der Waals surface area contributed by atoms with Crippen LogP contribution in [0.1, 0.15) is 56.3 Å². The molecule has 2 amide bonds. The van der Waals surface area contributed by atoms with E-state index in [0.717, 1.165) is 25.7 Å². The van der Waals surface area contributed by atoms with E-state index in [-0.39, 0.29) is 16.9 Å². The summed E-state index contributed by atoms with van der Waals surface area (Å²) >= 11 is 5.28. The van der Waals surface area contributed by atoms with Crippen LogP contribution in [-0.4, -0.2) is 30.6 Å². The number of carbonyl (C=O) groups is 2. The molecule has 0 fully saturated rings. The van der Waals surface area contributed by atoms with Gasteiger partial charge in [-0.05, 0) is 55.4 Å². The maximum absolute atomic E-state index is 12.5. The van der Waals surface area contributed by atoms with Crippen LogP contribution in [-0.2, 0) is 4.79 Å². The van der Waals surface area contributed by atoms with Crippen LogP contribution in [0.3, 0.4) is 0 Å². The quantitative estimate of drug-likeness (QED) is 0.320. The summed E-state index contributed by atoms with van der Waals surface area (Å²) in [5, 5.41) is 8.62. The van der Waals surface area contributed by atoms with Gasteiger partial charge in [0.2, 0.25) is 5.91 Å². The second kappa shape index (κ2) is 13.3. The van der Waals surface area contributed by atoms with E-state index in [4.69, 9.17) is 21.7 Å². The number of thiocarbonyl (C=S) groups is 1. The third kappa shape index (κ3) is 8.19. The van der Waals surface area contributed by atoms with E-state index in [1.807, 2.05) is 13.0 Å². The van der Waals surface area contributed by atoms with Gasteiger partial charge < -0.3 is 20.1 Å². The molecule has 0 heterocycles. The lowest BCUT2D eigenvalue weighted by atomic mass is 10.2. The summed E-state index contributed by atoms with van der Waals surface area (Å²) in [6.45, 7) is 4.74. The topological polar surface area (TPSA) is 88.7 Å². The minimum Gasteiger partial charge on any atom is -0.494 e. The predicted octanol–water partition coefficient (Wildman–Crippen LogP) is 5.13. The number of benzene rings is 2. The minimum atomic E-state index is -0.338. The van der Waals surface area contributed by atoms with Gasteiger partial charge in [0.15, 0.2) is 5.11 Å². The molecule has 2 aromatic carbocycles. The highest BCUT2D eigenvalue weighted by Gasteiger charge is 2.12. The second-order valence-electron chi connectivity index (χ2n) is 7.20. The van der Waals surface area contributed by atoms with Crippen LogP contribution in [0.4, 0.5) is 11.4 Å². The lowest BCUT2D eigenvalue weighted by Crippen LogP contribution is -2.34. The number of rotatable bonds is 11. The summed E-state index contributed by atoms with van der Waals surface area (Å²) in [5.41, 5.74) is 1.65. The number of hydrogen-bond donors (Lipinski definition) is 3. The Hall–Kier alpha value is -3.13. The summed E-state index contributed by atoms with van der Waals surface area (Å²) in [6.07, 6.45) is 4.23. The Balaban J connectivity index is 1.96. The Morgan fingerprint density at radius 1 is 1.00 bits per heavy atom. The van der Waals surface area contributed by atoms with Gasteiger partial charge in [0.05, 0.1) is 19.4 Å². The molecule has 0 atom stereocenters. The SMILES string of the molecule is CCCCOc1cccc(C(=O)NC(=S)Nc2ccc(NC(=O)CCCC)c(OC)c2)c1. The van der Waals surface area contributed by atoms with Gasteiger partial charge in [0, 0.05) is 23.7 Å². The molecule has 7 nitrogen and oxygen atoms in total. The van der Waals surface area contributed by atoms with Crippen molar-refractivity contribution in [3.8, 4) is 11.5 Å². The van der Waals surface area contributed by atoms with Crippen LogP contribution in [0, 0.1) is 0 Å². The highest BCUT2D eigenvalue weighted by atomic mass is 32.1. The zero-order valence-electron chi connectivity index (χ0n) is 18.8. The zero-order chi connectivity index (χ0) is 23.3. The number of ether oxygens (including phenoxy) is 2. The highest BCUT2D eigenvalue weighted by Crippen LogP contribution is 2.28. The second-order valence-corrected chi connectivity index (χ2v) is 7.61. The van der Waals surface area contributed by atoms with Crippen molar-refractivity contribution in [2.45, 2.75) is 46.0 Å². The maximum atomic E-state index is 12.5. The standard InChI is InChI=1S/C24H31N3O4S/c1-4-6-11-22(28)26-20-13-12-18(16-21(20)30-3)25-24(32)27-23(29)17-9-8-10-19(15-17)31-14-7-5-2/h8-10,12-13,15-16H,4-7,11,14H2,1-3H3,(H,26,28)(H2,25,27,29,32). The van der Waals surface area contributed by atoms with Crippen molar-refractivity contribution >= 4 is 40.5 Å². The Kier molecular flexibility index (Phi) is 10.5. The number of carbonyl (C=O) groups excluding carboxylic acids is 2. The Morgan fingerprint density at radius 2 is 1.78 bits per heavy atom. The van der Waals surface area contributed by atoms with Crippen molar-refractivity contribution in [3.05, 3.63) is 48.0 Å². The van der Waals surface area contributed by atoms with E-state index in [2.05, 4.69) is 22.9 Å². The first-order chi connectivity index (χ1) is 15.5. The molecule has 0 aromatic heterocycles. The molecular formula is C24H31N3O4S. The molecule has 0 aliphatic carbocycles. The van der Waals surface area contributed by atoms with Gasteiger partial charge in [-0.2, -0.15) is 0 Å². The van der Waals surface area contributed by atoms with Crippen molar-refractivity contribution in [1.29, 1.82) is 0 Å². The average molecular weight is 458 g/mol. The van der Waals surface area contributed by atoms with Gasteiger partial charge in [-0.25, -0.2) is 0 Å². The zero-order valence-corrected chi connectivity index (χ0v) is 19.6. The third-order valence-corrected chi connectivity index (χ3v) is 4.78. The molecule has 3 N–H and O–H groups in total. The summed E-state index contributed by atoms with van der Waals surface area (Å²) in [6, 6.07) is 12.2. The molecule has 172 valence electrons. The summed E-state index contributed by atoms with van der Waals surface area (Å²) in [5.74, 6) is 0.738. The normalized spacial score (nSPS) is 10.2. The summed E-state index contributed by atoms with van der Waals surface area (Å²) in [4.78, 5) is 24.5. The van der Waals surface area contributed by atoms with Crippen molar-refractivity contribution in [2.75, 3.05) is 24.4 Å². The number of unbranched alkanes of at least 4 members (excludes halogenated alkanes) is 2. The largest absolute Gasteiger partial charge is 0.494 e. The van der Waals surface area contributed by atoms with E-state index >= 15 is 0 Å². The highest BCUT2D eigenvalue weighted by molar-refractivity contribution is 7.80. The molecule has 8 heteroatoms. The Bertz CT molecular complexity index is 933. The first-order valence-electron chi connectivity index (χ1n) is 10.8. The molecule has 0 saturated heterocycles. The Labute approximate surface area is 194 Å². The molecule has 0 aliphatic rings. The molecule has 0 saturated carbocycles. The van der Waals surface area contributed by atoms with E-state index in [1.165, 1.54) is 7.11 Å². The number of methoxy groups -OCH3 is 1. The number of anilines is 2. The van der Waals surface area contributed by atoms with Gasteiger partial charge in [-0.15, -0.1) is 0 Å². The fraction of sp³-hybridized carbons (Fsp3) is 0.375. The first-order valence-corrected chi connectivity index (χ1v) is 11.2. The molecule has 0 unspecified atom stereocenters. The van der Waals surface area contributed by atoms with Crippen molar-refractivity contribution in [2.24, 2.45) is 0 Å². The van der Waals surface area contributed by atoms with E-state index < -0.39 is 0 Å². The van der Waals surface area contributed by atoms with Crippen molar-refractivity contribution in [1.82, 2.24) is 5.32 Å². The minimum absolute atomic E-state index is 0.0606. The van der Waals surface area contributed by atoms with Crippen LogP contribution in [0.15, 0.2) is 42.5 Å². The molecule has 0 radical (unpaired) electrons. The van der Waals surface area contributed by atoms with Crippen LogP contribution >= 0.6 is 12.2 Å². The van der Waals surface area contributed by atoms with Crippen molar-refractivity contribution < 1.29 is 19.1 Å². The molecule has 0 aliphatic heterocycles. The lowest BCUT2D eigenvalue weighted by molar-refractivity contribution is -0.116. The lowest BCUT2D eigenvalue weighted by Gasteiger charge is -2.14. The summed E-state index contributed by atoms with van der Waals surface area (Å²) in [7, 11) is 1.52. The Morgan fingerprint density at radius 3 is 2.50 bits per heavy atom. The van der Waals surface area contributed by atoms with E-state index in [1.54, 1.807) is 36.4 Å². The van der Waals surface area contributed by atoms with Gasteiger partial charge in [-0.1, -0.05) is 32.8 Å². The number of nitrogens with one attached hydrogen (secondary N) is 3. The van der Waals surface area contributed by atoms with E-state index in [9.17, 15) is 9.59 Å². The van der Waals surface area contributed by atoms with Gasteiger partial charge in [0.25, 0.3) is 5.91 Å². The fourth-order valence-electron chi connectivity index (χ4n) is 2.82. The smallest absolute Gasteiger partial charge is 0.257 e.